The average molecular weight is 2460 g/mol. The summed E-state index contributed by atoms with van der Waals surface area (Å²) in [5, 5.41) is 46.2. The molecule has 0 unspecified atom stereocenters. The fourth-order valence-corrected chi connectivity index (χ4v) is 23.1. The van der Waals surface area contributed by atoms with Gasteiger partial charge in [0.25, 0.3) is 0 Å². The van der Waals surface area contributed by atoms with Crippen LogP contribution < -0.4 is 15.1 Å². The fourth-order valence-electron chi connectivity index (χ4n) is 23.1. The molecule has 30 rings (SSSR count). The molecule has 0 amide bonds. The molecule has 2 radical (unpaired) electrons. The number of aryl methyl sites for hydroxylation is 2. The number of rotatable bonds is 6. The van der Waals surface area contributed by atoms with Crippen molar-refractivity contribution in [3.63, 3.8) is 0 Å². The van der Waals surface area contributed by atoms with Crippen LogP contribution in [0.5, 0.6) is 0 Å². The summed E-state index contributed by atoms with van der Waals surface area (Å²) in [6, 6.07) is 146. The van der Waals surface area contributed by atoms with Gasteiger partial charge in [-0.1, -0.05) is 348 Å². The van der Waals surface area contributed by atoms with E-state index in [9.17, 15) is 0 Å². The molecule has 1 aliphatic heterocycles. The summed E-state index contributed by atoms with van der Waals surface area (Å²) in [7, 11) is 2.00. The number of hydrogen-bond donors (Lipinski definition) is 0. The zero-order valence-corrected chi connectivity index (χ0v) is 91.1. The Balaban J connectivity index is 0.000000108. The molecule has 0 bridgehead atoms. The number of para-hydroxylation sites is 1. The smallest absolute Gasteiger partial charge is 0.574 e. The van der Waals surface area contributed by atoms with Crippen molar-refractivity contribution in [2.45, 2.75) is 71.6 Å². The number of nitrogens with zero attached hydrogens (tertiary/aromatic N) is 11. The predicted octanol–water partition coefficient (Wildman–Crippen LogP) is 33.0. The van der Waals surface area contributed by atoms with Crippen LogP contribution in [0.2, 0.25) is 0 Å². The second kappa shape index (κ2) is 40.4. The van der Waals surface area contributed by atoms with E-state index in [1.807, 2.05) is 129 Å². The first kappa shape index (κ1) is 98.4. The van der Waals surface area contributed by atoms with Crippen molar-refractivity contribution >= 4 is 135 Å². The summed E-state index contributed by atoms with van der Waals surface area (Å²) < 4.78 is 0. The second-order valence-corrected chi connectivity index (χ2v) is 40.1. The Bertz CT molecular complexity index is 9410. The van der Waals surface area contributed by atoms with Gasteiger partial charge in [0, 0.05) is 89.3 Å². The molecule has 0 fully saturated rings. The molecule has 26 aromatic rings. The molecule has 7 aromatic heterocycles. The third kappa shape index (κ3) is 17.3. The number of anilines is 1. The van der Waals surface area contributed by atoms with E-state index >= 15 is 0 Å². The van der Waals surface area contributed by atoms with Crippen molar-refractivity contribution in [2.75, 3.05) is 11.9 Å². The van der Waals surface area contributed by atoms with E-state index in [1.165, 1.54) is 185 Å². The van der Waals surface area contributed by atoms with E-state index in [1.54, 1.807) is 18.6 Å². The minimum Gasteiger partial charge on any atom is -0.574 e. The monoisotopic (exact) mass is 2460 g/mol. The van der Waals surface area contributed by atoms with Crippen LogP contribution in [-0.4, -0.2) is 47.1 Å². The normalized spacial score (nSPS) is 13.2. The number of hydrogen-bond acceptors (Lipinski definition) is 9. The van der Waals surface area contributed by atoms with Crippen molar-refractivity contribution in [2.24, 2.45) is 0 Å². The Kier molecular flexibility index (Phi) is 26.5. The topological polar surface area (TPSA) is 125 Å². The molecule has 19 aromatic carbocycles. The number of benzene rings is 19. The number of aromatic nitrogens is 9. The maximum absolute atomic E-state index is 4.79. The minimum absolute atomic E-state index is 0. The molecule has 0 atom stereocenters. The van der Waals surface area contributed by atoms with E-state index in [0.29, 0.717) is 0 Å². The second-order valence-electron chi connectivity index (χ2n) is 40.1. The van der Waals surface area contributed by atoms with Crippen molar-refractivity contribution in [1.82, 2.24) is 50.2 Å². The van der Waals surface area contributed by atoms with Gasteiger partial charge < -0.3 is 45.1 Å². The van der Waals surface area contributed by atoms with Crippen molar-refractivity contribution < 1.29 is 60.3 Å². The third-order valence-electron chi connectivity index (χ3n) is 30.2. The number of fused-ring (bicyclic) bond motifs is 31. The van der Waals surface area contributed by atoms with Gasteiger partial charge in [0.05, 0.1) is 5.69 Å². The molecule has 0 saturated heterocycles. The summed E-state index contributed by atoms with van der Waals surface area (Å²) in [6.07, 6.45) is 16.6. The Hall–Kier alpha value is -16.2. The van der Waals surface area contributed by atoms with Gasteiger partial charge in [-0.15, -0.1) is 93.7 Å². The van der Waals surface area contributed by atoms with Crippen molar-refractivity contribution in [3.05, 3.63) is 501 Å². The SMILES string of the molecule is CC1(C)c2c[c-]c(-c3nccc4ccccc34)cc2-c2ccc3c4ccccc4c4ccccc4c3c21.CC1(C)c2cc(-c3nccc4ccccc34)[c-]cc2-c2cc3c4ccccc4c4ccccc4c3cc21.CC1(C)c2cc(-c3nccc4ccccc34)[c-]cc2-c2cc3c4ccccc4c4ccccc4c3cc21.CN1C=CN(c2[c-]cccc2)[CH-]1.Cc1cnc(-c2ccn[n-]2)c(C)c1.[Ir+3].[Ir].[Ir].c1ccc(-c2ccn[n-]2)nc1. The molecule has 728 valence electrons. The average Bonchev–Trinajstić information content (AvgIpc) is 2.22. The summed E-state index contributed by atoms with van der Waals surface area (Å²) in [5.41, 5.74) is 28.6. The van der Waals surface area contributed by atoms with Crippen molar-refractivity contribution in [1.29, 1.82) is 0 Å². The van der Waals surface area contributed by atoms with E-state index in [2.05, 4.69) is 412 Å². The zero-order chi connectivity index (χ0) is 99.3. The van der Waals surface area contributed by atoms with E-state index in [-0.39, 0.29) is 76.6 Å². The molecule has 0 saturated carbocycles. The zero-order valence-electron chi connectivity index (χ0n) is 83.9. The quantitative estimate of drug-likeness (QED) is 0.117. The minimum atomic E-state index is -0.142. The van der Waals surface area contributed by atoms with Crippen LogP contribution in [0.25, 0.3) is 219 Å². The van der Waals surface area contributed by atoms with E-state index < -0.39 is 0 Å². The molecule has 8 heterocycles. The van der Waals surface area contributed by atoms with Gasteiger partial charge in [-0.25, -0.2) is 0 Å². The Morgan fingerprint density at radius 3 is 1.09 bits per heavy atom. The van der Waals surface area contributed by atoms with Crippen LogP contribution in [0.4, 0.5) is 5.69 Å². The third-order valence-corrected chi connectivity index (χ3v) is 30.2. The summed E-state index contributed by atoms with van der Waals surface area (Å²) >= 11 is 0. The van der Waals surface area contributed by atoms with Gasteiger partial charge in [-0.05, 0) is 272 Å². The molecule has 3 aliphatic carbocycles. The Morgan fingerprint density at radius 2 is 0.673 bits per heavy atom. The molecular formula is C136H98Ir3N11-4. The van der Waals surface area contributed by atoms with Gasteiger partial charge in [0.1, 0.15) is 0 Å². The molecule has 11 nitrogen and oxygen atoms in total. The van der Waals surface area contributed by atoms with Gasteiger partial charge >= 0.3 is 20.1 Å². The van der Waals surface area contributed by atoms with Crippen LogP contribution in [0.1, 0.15) is 86.1 Å². The summed E-state index contributed by atoms with van der Waals surface area (Å²) in [5.74, 6) is 0. The maximum Gasteiger partial charge on any atom is 3.00 e. The molecule has 4 aliphatic rings. The number of pyridine rings is 5. The molecule has 150 heavy (non-hydrogen) atoms. The van der Waals surface area contributed by atoms with Gasteiger partial charge in [0.15, 0.2) is 0 Å². The van der Waals surface area contributed by atoms with Gasteiger partial charge in [-0.2, -0.15) is 37.0 Å². The summed E-state index contributed by atoms with van der Waals surface area (Å²) in [4.78, 5) is 26.8. The van der Waals surface area contributed by atoms with E-state index in [4.69, 9.17) is 15.0 Å². The van der Waals surface area contributed by atoms with Gasteiger partial charge in [0.2, 0.25) is 0 Å². The fraction of sp³-hybridized carbons (Fsp3) is 0.0882. The molecular weight excluding hydrogens is 2360 g/mol. The van der Waals surface area contributed by atoms with Crippen LogP contribution in [0, 0.1) is 44.8 Å². The van der Waals surface area contributed by atoms with Crippen molar-refractivity contribution in [3.8, 4) is 89.9 Å². The predicted molar refractivity (Wildman–Crippen MR) is 608 cm³/mol. The van der Waals surface area contributed by atoms with Gasteiger partial charge in [-0.3, -0.25) is 9.97 Å². The Morgan fingerprint density at radius 1 is 0.287 bits per heavy atom. The van der Waals surface area contributed by atoms with Crippen LogP contribution in [-0.2, 0) is 76.6 Å². The standard InChI is InChI=1S/3C36H24N.C10H10N3.C10H10N2.C8H6N3.3Ir/c2*1-36(2)33-19-23(35-24-10-4-3-9-22(24)17-18-37-35)15-16-29(33)32-20-30-27-13-7-5-11-25(27)26-12-6-8-14-28(26)31(30)21-34(32)36;1-36(2)32-18-15-23(35-24-10-4-3-9-22(24)19-20-37-35)21-31(32)30-17-16-29-27-13-6-5-11-25(27)26-12-7-8-14-28(26)33(29)34(30)36;1-7-5-8(2)10(11-6-7)9-3-4-12-13-9;1-11-7-8-12(9-11)10-5-3-2-4-6-10;1-2-5-9-7(3-1)8-4-6-10-11-8;;;/h3*3-14,16-21H,1-2H3;3-6H,1-2H3;2-5,7-9H,1H3;1-6H;;;/q4*-1;-2;-1;;;+3. The van der Waals surface area contributed by atoms with Crippen LogP contribution in [0.3, 0.4) is 0 Å². The first-order valence-electron chi connectivity index (χ1n) is 50.0. The Labute approximate surface area is 912 Å². The van der Waals surface area contributed by atoms with E-state index in [0.717, 1.165) is 84.0 Å². The molecule has 0 N–H and O–H groups in total. The maximum atomic E-state index is 4.79. The molecule has 14 heteroatoms. The first-order chi connectivity index (χ1) is 71.9. The largest absolute Gasteiger partial charge is 3.00 e. The van der Waals surface area contributed by atoms with Crippen LogP contribution >= 0.6 is 0 Å². The first-order valence-corrected chi connectivity index (χ1v) is 50.0. The molecule has 0 spiro atoms. The summed E-state index contributed by atoms with van der Waals surface area (Å²) in [6.45, 7) is 20.2. The van der Waals surface area contributed by atoms with Crippen LogP contribution in [0.15, 0.2) is 426 Å².